The van der Waals surface area contributed by atoms with Gasteiger partial charge in [-0.15, -0.1) is 11.8 Å². The summed E-state index contributed by atoms with van der Waals surface area (Å²) in [4.78, 5) is 16.2. The molecular weight excluding hydrogens is 404 g/mol. The molecule has 0 saturated carbocycles. The average molecular weight is 433 g/mol. The molecule has 0 aliphatic rings. The van der Waals surface area contributed by atoms with E-state index < -0.39 is 0 Å². The number of amides is 1. The molecule has 1 aromatic heterocycles. The lowest BCUT2D eigenvalue weighted by molar-refractivity contribution is -0.109. The fourth-order valence-corrected chi connectivity index (χ4v) is 4.04. The molecule has 31 heavy (non-hydrogen) atoms. The molecule has 0 aliphatic carbocycles. The van der Waals surface area contributed by atoms with Crippen LogP contribution in [0.15, 0.2) is 71.8 Å². The molecule has 6 heteroatoms. The quantitative estimate of drug-likeness (QED) is 0.170. The summed E-state index contributed by atoms with van der Waals surface area (Å²) in [6, 6.07) is 20.5. The van der Waals surface area contributed by atoms with Crippen LogP contribution in [0.5, 0.6) is 0 Å². The first-order valence-electron chi connectivity index (χ1n) is 10.3. The summed E-state index contributed by atoms with van der Waals surface area (Å²) in [5.74, 6) is 0.638. The Bertz CT molecular complexity index is 1010. The normalized spacial score (nSPS) is 11.6. The van der Waals surface area contributed by atoms with Crippen LogP contribution in [0.1, 0.15) is 36.3 Å². The molecule has 0 saturated heterocycles. The van der Waals surface area contributed by atoms with Crippen molar-refractivity contribution in [2.75, 3.05) is 18.5 Å². The average Bonchev–Trinajstić information content (AvgIpc) is 2.82. The summed E-state index contributed by atoms with van der Waals surface area (Å²) in [7, 11) is 0. The van der Waals surface area contributed by atoms with Gasteiger partial charge >= 0.3 is 0 Å². The minimum Gasteiger partial charge on any atom is -0.383 e. The van der Waals surface area contributed by atoms with Gasteiger partial charge in [0.25, 0.3) is 0 Å². The Hall–Kier alpha value is -3.12. The molecule has 0 aliphatic heterocycles. The van der Waals surface area contributed by atoms with Gasteiger partial charge in [0, 0.05) is 34.5 Å². The minimum atomic E-state index is 0.255. The Labute approximate surface area is 188 Å². The molecule has 2 aromatic carbocycles. The Morgan fingerprint density at radius 3 is 2.55 bits per heavy atom. The number of nitrogens with zero attached hydrogens (tertiary/aromatic N) is 1. The number of aromatic nitrogens is 1. The van der Waals surface area contributed by atoms with Gasteiger partial charge in [-0.2, -0.15) is 0 Å². The lowest BCUT2D eigenvalue weighted by Gasteiger charge is -2.18. The van der Waals surface area contributed by atoms with Crippen LogP contribution in [0.3, 0.4) is 0 Å². The monoisotopic (exact) mass is 432 g/mol. The van der Waals surface area contributed by atoms with Gasteiger partial charge < -0.3 is 16.5 Å². The van der Waals surface area contributed by atoms with E-state index in [2.05, 4.69) is 53.0 Å². The molecular formula is C25H28N4OS. The highest BCUT2D eigenvalue weighted by molar-refractivity contribution is 7.98. The van der Waals surface area contributed by atoms with Gasteiger partial charge in [0.2, 0.25) is 6.41 Å². The summed E-state index contributed by atoms with van der Waals surface area (Å²) in [5.41, 5.74) is 10.5. The van der Waals surface area contributed by atoms with Crippen LogP contribution in [0.2, 0.25) is 0 Å². The van der Waals surface area contributed by atoms with Crippen molar-refractivity contribution >= 4 is 29.7 Å². The molecule has 1 unspecified atom stereocenters. The number of anilines is 1. The van der Waals surface area contributed by atoms with Crippen LogP contribution in [0, 0.1) is 5.41 Å². The van der Waals surface area contributed by atoms with E-state index in [0.717, 1.165) is 30.4 Å². The number of pyridine rings is 1. The van der Waals surface area contributed by atoms with Gasteiger partial charge in [-0.3, -0.25) is 4.79 Å². The molecule has 160 valence electrons. The summed E-state index contributed by atoms with van der Waals surface area (Å²) < 4.78 is 0. The Morgan fingerprint density at radius 1 is 1.13 bits per heavy atom. The number of nitrogens with two attached hydrogens (primary N) is 1. The summed E-state index contributed by atoms with van der Waals surface area (Å²) in [5, 5.41) is 11.4. The number of carbonyl (C=O) groups excluding carboxylic acids is 1. The van der Waals surface area contributed by atoms with Crippen molar-refractivity contribution in [2.24, 2.45) is 0 Å². The molecule has 1 amide bonds. The highest BCUT2D eigenvalue weighted by atomic mass is 32.2. The van der Waals surface area contributed by atoms with Gasteiger partial charge in [0.05, 0.1) is 0 Å². The highest BCUT2D eigenvalue weighted by Gasteiger charge is 2.15. The van der Waals surface area contributed by atoms with E-state index in [-0.39, 0.29) is 5.92 Å². The molecule has 0 fully saturated rings. The second-order valence-electron chi connectivity index (χ2n) is 7.37. The molecule has 4 N–H and O–H groups in total. The van der Waals surface area contributed by atoms with Gasteiger partial charge in [0.1, 0.15) is 5.82 Å². The molecule has 0 bridgehead atoms. The second-order valence-corrected chi connectivity index (χ2v) is 8.25. The van der Waals surface area contributed by atoms with Crippen molar-refractivity contribution in [3.05, 3.63) is 78.0 Å². The van der Waals surface area contributed by atoms with Crippen molar-refractivity contribution in [1.29, 1.82) is 5.41 Å². The zero-order chi connectivity index (χ0) is 22.1. The Kier molecular flexibility index (Phi) is 8.24. The maximum atomic E-state index is 10.6. The van der Waals surface area contributed by atoms with Crippen molar-refractivity contribution in [2.45, 2.75) is 30.1 Å². The van der Waals surface area contributed by atoms with E-state index in [1.165, 1.54) is 10.5 Å². The summed E-state index contributed by atoms with van der Waals surface area (Å²) >= 11 is 1.70. The van der Waals surface area contributed by atoms with Crippen molar-refractivity contribution in [3.63, 3.8) is 0 Å². The number of hydrogen-bond acceptors (Lipinski definition) is 5. The number of nitrogen functional groups attached to an aromatic ring is 1. The van der Waals surface area contributed by atoms with Crippen LogP contribution in [0.25, 0.3) is 11.1 Å². The first kappa shape index (κ1) is 22.6. The topological polar surface area (TPSA) is 91.9 Å². The van der Waals surface area contributed by atoms with Crippen molar-refractivity contribution in [1.82, 2.24) is 10.3 Å². The summed E-state index contributed by atoms with van der Waals surface area (Å²) in [6.07, 6.45) is 6.76. The number of nitrogens with one attached hydrogen (secondary N) is 2. The van der Waals surface area contributed by atoms with Crippen LogP contribution >= 0.6 is 11.8 Å². The fraction of sp³-hybridized carbons (Fsp3) is 0.240. The summed E-state index contributed by atoms with van der Waals surface area (Å²) in [6.45, 7) is 0.613. The van der Waals surface area contributed by atoms with Crippen molar-refractivity contribution in [3.8, 4) is 11.1 Å². The number of hydrogen-bond donors (Lipinski definition) is 3. The van der Waals surface area contributed by atoms with Crippen LogP contribution < -0.4 is 11.1 Å². The zero-order valence-corrected chi connectivity index (χ0v) is 18.5. The van der Waals surface area contributed by atoms with Crippen molar-refractivity contribution < 1.29 is 4.79 Å². The highest BCUT2D eigenvalue weighted by Crippen LogP contribution is 2.28. The van der Waals surface area contributed by atoms with E-state index >= 15 is 0 Å². The third kappa shape index (κ3) is 6.18. The molecule has 0 spiro atoms. The molecule has 5 nitrogen and oxygen atoms in total. The van der Waals surface area contributed by atoms with Crippen LogP contribution in [-0.4, -0.2) is 29.9 Å². The van der Waals surface area contributed by atoms with E-state index in [4.69, 9.17) is 11.1 Å². The third-order valence-electron chi connectivity index (χ3n) is 5.40. The first-order chi connectivity index (χ1) is 15.1. The number of thioether (sulfide) groups is 1. The minimum absolute atomic E-state index is 0.255. The van der Waals surface area contributed by atoms with E-state index in [1.54, 1.807) is 18.0 Å². The zero-order valence-electron chi connectivity index (χ0n) is 17.7. The largest absolute Gasteiger partial charge is 0.383 e. The van der Waals surface area contributed by atoms with Crippen LogP contribution in [-0.2, 0) is 4.79 Å². The Morgan fingerprint density at radius 2 is 1.87 bits per heavy atom. The molecule has 3 rings (SSSR count). The fourth-order valence-electron chi connectivity index (χ4n) is 3.63. The maximum absolute atomic E-state index is 10.6. The lowest BCUT2D eigenvalue weighted by Crippen LogP contribution is -2.16. The van der Waals surface area contributed by atoms with Gasteiger partial charge in [-0.1, -0.05) is 42.5 Å². The smallest absolute Gasteiger partial charge is 0.207 e. The second kappa shape index (κ2) is 11.3. The molecule has 1 atom stereocenters. The Balaban J connectivity index is 1.74. The predicted octanol–water partition coefficient (Wildman–Crippen LogP) is 5.12. The molecule has 3 aromatic rings. The van der Waals surface area contributed by atoms with E-state index in [1.807, 2.05) is 24.3 Å². The van der Waals surface area contributed by atoms with Crippen LogP contribution in [0.4, 0.5) is 5.82 Å². The van der Waals surface area contributed by atoms with E-state index in [9.17, 15) is 4.79 Å². The molecule has 1 heterocycles. The first-order valence-corrected chi connectivity index (χ1v) is 11.5. The SMILES string of the molecule is CSc1ccc(-c2cnc(N)c(C(=N)CCC(CCNC=O)c3ccccc3)c2)cc1. The van der Waals surface area contributed by atoms with Gasteiger partial charge in [-0.05, 0) is 60.8 Å². The third-order valence-corrected chi connectivity index (χ3v) is 6.14. The maximum Gasteiger partial charge on any atom is 0.207 e. The standard InChI is InChI=1S/C25H28N4OS/c1-31-22-10-7-19(8-11-22)21-15-23(25(27)29-16-21)24(26)12-9-20(13-14-28-17-30)18-5-3-2-4-6-18/h2-8,10-11,15-17,20,26H,9,12-14H2,1H3,(H2,27,29)(H,28,30). The number of benzene rings is 2. The van der Waals surface area contributed by atoms with E-state index in [0.29, 0.717) is 30.1 Å². The lowest BCUT2D eigenvalue weighted by atomic mass is 9.89. The van der Waals surface area contributed by atoms with Gasteiger partial charge in [-0.25, -0.2) is 4.98 Å². The molecule has 0 radical (unpaired) electrons. The number of rotatable bonds is 11. The number of carbonyl (C=O) groups is 1. The predicted molar refractivity (Wildman–Crippen MR) is 130 cm³/mol. The van der Waals surface area contributed by atoms with Gasteiger partial charge in [0.15, 0.2) is 0 Å².